The van der Waals surface area contributed by atoms with Crippen molar-refractivity contribution in [2.75, 3.05) is 11.6 Å². The third kappa shape index (κ3) is 6.47. The molecular weight excluding hydrogens is 479 g/mol. The van der Waals surface area contributed by atoms with Gasteiger partial charge in [-0.1, -0.05) is 30.5 Å². The molecule has 4 rings (SSSR count). The molecule has 2 aliphatic rings. The van der Waals surface area contributed by atoms with Crippen LogP contribution in [0, 0.1) is 13.3 Å². The van der Waals surface area contributed by atoms with Gasteiger partial charge < -0.3 is 14.7 Å². The van der Waals surface area contributed by atoms with Gasteiger partial charge in [-0.25, -0.2) is 11.4 Å². The number of aryl methyl sites for hydroxylation is 1. The molecule has 9 heteroatoms. The molecule has 1 radical (unpaired) electrons. The molecule has 1 aromatic carbocycles. The minimum Gasteiger partial charge on any atom is -0.386 e. The van der Waals surface area contributed by atoms with Gasteiger partial charge in [0.25, 0.3) is 0 Å². The first-order chi connectivity index (χ1) is 15.0. The summed E-state index contributed by atoms with van der Waals surface area (Å²) in [4.78, 5) is 31.3. The van der Waals surface area contributed by atoms with Crippen LogP contribution in [0.2, 0.25) is 11.6 Å². The number of rotatable bonds is 4. The number of carbonyl (C=O) groups is 1. The normalized spacial score (nSPS) is 19.7. The van der Waals surface area contributed by atoms with Gasteiger partial charge in [0.05, 0.1) is 6.29 Å². The van der Waals surface area contributed by atoms with Crippen molar-refractivity contribution in [3.8, 4) is 0 Å². The molecule has 0 unspecified atom stereocenters. The molecule has 0 spiro atoms. The first kappa shape index (κ1) is 26.7. The van der Waals surface area contributed by atoms with Gasteiger partial charge in [0.2, 0.25) is 5.91 Å². The maximum atomic E-state index is 12.4. The van der Waals surface area contributed by atoms with Crippen molar-refractivity contribution in [3.63, 3.8) is 0 Å². The molecule has 1 amide bonds. The van der Waals surface area contributed by atoms with E-state index in [4.69, 9.17) is 0 Å². The van der Waals surface area contributed by atoms with E-state index in [-0.39, 0.29) is 30.8 Å². The second kappa shape index (κ2) is 12.6. The van der Waals surface area contributed by atoms with Crippen molar-refractivity contribution in [2.24, 2.45) is 0 Å². The van der Waals surface area contributed by atoms with E-state index in [1.807, 2.05) is 38.5 Å². The molecule has 32 heavy (non-hydrogen) atoms. The first-order valence-corrected chi connectivity index (χ1v) is 13.1. The Morgan fingerprint density at radius 1 is 1.28 bits per heavy atom. The summed E-state index contributed by atoms with van der Waals surface area (Å²) in [6.07, 6.45) is 8.59. The number of anilines is 1. The van der Waals surface area contributed by atoms with Crippen LogP contribution in [-0.2, 0) is 9.59 Å². The van der Waals surface area contributed by atoms with Gasteiger partial charge >= 0.3 is 18.9 Å². The summed E-state index contributed by atoms with van der Waals surface area (Å²) in [5, 5.41) is 2.83. The average molecular weight is 507 g/mol. The number of nitrogens with one attached hydrogen (secondary N) is 1. The number of halogens is 1. The van der Waals surface area contributed by atoms with Crippen molar-refractivity contribution in [2.45, 2.75) is 57.2 Å². The Labute approximate surface area is 213 Å². The van der Waals surface area contributed by atoms with E-state index < -0.39 is 8.96 Å². The number of likely N-dealkylation sites (N-methyl/N-ethyl adjacent to an activating group) is 1. The van der Waals surface area contributed by atoms with E-state index in [9.17, 15) is 9.59 Å². The summed E-state index contributed by atoms with van der Waals surface area (Å²) in [6.45, 7) is 3.95. The second-order valence-electron chi connectivity index (χ2n) is 7.85. The molecule has 1 N–H and O–H groups in total. The molecule has 1 aromatic heterocycles. The third-order valence-electron chi connectivity index (χ3n) is 5.80. The van der Waals surface area contributed by atoms with Crippen LogP contribution >= 0.6 is 15.9 Å². The van der Waals surface area contributed by atoms with E-state index in [0.717, 1.165) is 23.5 Å². The number of hydrogen-bond donors (Lipinski definition) is 1. The Balaban J connectivity index is 0.000000307. The summed E-state index contributed by atoms with van der Waals surface area (Å²) >= 11 is 3.40. The van der Waals surface area contributed by atoms with Gasteiger partial charge in [-0.05, 0) is 40.9 Å². The standard InChI is InChI=1S/C15H21BrN4OSi.C8H7O.Li/c1-3-10-8-13(19-15(16)18-10)20-12(14(21)17-2)9-11-6-4-5-7-22(11)20;1-7-2-4-8(6-9)5-3-7;/h3,8,11-12H,4-7,9H2,1-2H3,(H,17,21);2-5H,1H3;/q2*-1;+1/t11-,12-;;/m0../s1. The molecule has 2 saturated heterocycles. The molecule has 6 nitrogen and oxygen atoms in total. The van der Waals surface area contributed by atoms with E-state index >= 15 is 0 Å². The molecule has 0 bridgehead atoms. The summed E-state index contributed by atoms with van der Waals surface area (Å²) in [7, 11) is 0.982. The van der Waals surface area contributed by atoms with Gasteiger partial charge in [-0.15, -0.1) is 25.1 Å². The molecule has 2 atom stereocenters. The molecule has 0 aliphatic carbocycles. The largest absolute Gasteiger partial charge is 1.00 e. The maximum Gasteiger partial charge on any atom is 1.00 e. The van der Waals surface area contributed by atoms with Crippen LogP contribution in [0.5, 0.6) is 0 Å². The zero-order valence-corrected chi connectivity index (χ0v) is 21.8. The smallest absolute Gasteiger partial charge is 0.386 e. The number of hydrogen-bond acceptors (Lipinski definition) is 5. The quantitative estimate of drug-likeness (QED) is 0.382. The first-order valence-electron chi connectivity index (χ1n) is 10.6. The minimum atomic E-state index is -0.741. The van der Waals surface area contributed by atoms with Crippen molar-refractivity contribution in [3.05, 3.63) is 58.3 Å². The van der Waals surface area contributed by atoms with E-state index in [1.54, 1.807) is 25.5 Å². The number of benzene rings is 1. The fourth-order valence-corrected chi connectivity index (χ4v) is 8.33. The van der Waals surface area contributed by atoms with Crippen molar-refractivity contribution < 1.29 is 28.4 Å². The van der Waals surface area contributed by atoms with Gasteiger partial charge in [-0.3, -0.25) is 9.78 Å². The Hall–Kier alpha value is -1.60. The molecule has 2 aromatic rings. The van der Waals surface area contributed by atoms with Gasteiger partial charge in [0.15, 0.2) is 13.7 Å². The zero-order chi connectivity index (χ0) is 22.4. The van der Waals surface area contributed by atoms with Crippen LogP contribution in [0.1, 0.15) is 49.4 Å². The van der Waals surface area contributed by atoms with E-state index in [1.165, 1.54) is 25.3 Å². The predicted molar refractivity (Wildman–Crippen MR) is 128 cm³/mol. The van der Waals surface area contributed by atoms with Crippen LogP contribution < -0.4 is 28.7 Å². The molecule has 2 fully saturated rings. The Kier molecular flexibility index (Phi) is 10.5. The average Bonchev–Trinajstić information content (AvgIpc) is 3.18. The second-order valence-corrected chi connectivity index (χ2v) is 11.3. The van der Waals surface area contributed by atoms with E-state index in [0.29, 0.717) is 15.8 Å². The van der Waals surface area contributed by atoms with Crippen molar-refractivity contribution in [1.29, 1.82) is 0 Å². The Morgan fingerprint density at radius 3 is 2.62 bits per heavy atom. The van der Waals surface area contributed by atoms with Crippen LogP contribution in [0.4, 0.5) is 5.82 Å². The summed E-state index contributed by atoms with van der Waals surface area (Å²) in [5.41, 5.74) is 3.37. The van der Waals surface area contributed by atoms with Crippen LogP contribution in [-0.4, -0.2) is 44.2 Å². The Bertz CT molecular complexity index is 915. The van der Waals surface area contributed by atoms with Gasteiger partial charge in [-0.2, -0.15) is 17.7 Å². The molecule has 0 saturated carbocycles. The number of aromatic nitrogens is 2. The SMILES string of the molecule is C[CH-]c1cc(N2[C@H](C(=O)NC)C[C@@H]3CCCC[Si]32)nc(Br)n1.Cc1ccc([C-]=O)cc1.[Li+]. The maximum absolute atomic E-state index is 12.4. The van der Waals surface area contributed by atoms with Gasteiger partial charge in [0.1, 0.15) is 6.04 Å². The molecular formula is C23H28BrLiN4O2Si-. The number of amides is 1. The van der Waals surface area contributed by atoms with Gasteiger partial charge in [0, 0.05) is 12.9 Å². The number of nitrogens with zero attached hydrogens (tertiary/aromatic N) is 3. The summed E-state index contributed by atoms with van der Waals surface area (Å²) in [6, 6.07) is 10.5. The van der Waals surface area contributed by atoms with Crippen molar-refractivity contribution in [1.82, 2.24) is 15.3 Å². The summed E-state index contributed by atoms with van der Waals surface area (Å²) < 4.78 is 2.93. The molecule has 2 aliphatic heterocycles. The Morgan fingerprint density at radius 2 is 2.00 bits per heavy atom. The monoisotopic (exact) mass is 506 g/mol. The van der Waals surface area contributed by atoms with Crippen LogP contribution in [0.25, 0.3) is 0 Å². The van der Waals surface area contributed by atoms with Crippen LogP contribution in [0.15, 0.2) is 35.1 Å². The molecule has 165 valence electrons. The number of fused-ring (bicyclic) bond motifs is 1. The van der Waals surface area contributed by atoms with Crippen molar-refractivity contribution >= 4 is 42.9 Å². The van der Waals surface area contributed by atoms with E-state index in [2.05, 4.69) is 35.8 Å². The predicted octanol–water partition coefficient (Wildman–Crippen LogP) is 1.14. The topological polar surface area (TPSA) is 75.2 Å². The fourth-order valence-electron chi connectivity index (χ4n) is 4.23. The number of carbonyl (C=O) groups excluding carboxylic acids is 2. The fraction of sp³-hybridized carbons (Fsp3) is 0.435. The molecule has 3 heterocycles. The van der Waals surface area contributed by atoms with Crippen LogP contribution in [0.3, 0.4) is 0 Å². The zero-order valence-electron chi connectivity index (χ0n) is 19.2. The summed E-state index contributed by atoms with van der Waals surface area (Å²) in [5.74, 6) is 1.02. The third-order valence-corrected chi connectivity index (χ3v) is 9.65. The minimum absolute atomic E-state index is 0.